The Morgan fingerprint density at radius 1 is 1.35 bits per heavy atom. The maximum Gasteiger partial charge on any atom is 0.224 e. The van der Waals surface area contributed by atoms with Gasteiger partial charge in [0.2, 0.25) is 5.91 Å². The molecule has 6 heteroatoms. The van der Waals surface area contributed by atoms with Crippen LogP contribution in [0, 0.1) is 5.82 Å². The lowest BCUT2D eigenvalue weighted by Crippen LogP contribution is -2.27. The van der Waals surface area contributed by atoms with Crippen molar-refractivity contribution < 1.29 is 9.18 Å². The standard InChI is InChI=1S/C14H13ClFN3O/c15-12-2-1-3-13(16)11(12)8-14(20)19-5-4-10-9-17-6-7-18-10/h1-3,6-7,9H,4-5,8H2,(H,19,20). The Hall–Kier alpha value is -2.01. The molecule has 1 heterocycles. The normalized spacial score (nSPS) is 10.3. The van der Waals surface area contributed by atoms with Crippen LogP contribution in [-0.4, -0.2) is 22.4 Å². The van der Waals surface area contributed by atoms with Crippen LogP contribution in [0.25, 0.3) is 0 Å². The summed E-state index contributed by atoms with van der Waals surface area (Å²) in [6.07, 6.45) is 5.31. The number of hydrogen-bond acceptors (Lipinski definition) is 3. The van der Waals surface area contributed by atoms with E-state index in [9.17, 15) is 9.18 Å². The Balaban J connectivity index is 1.84. The van der Waals surface area contributed by atoms with Gasteiger partial charge in [-0.05, 0) is 12.1 Å². The van der Waals surface area contributed by atoms with Gasteiger partial charge in [0.1, 0.15) is 5.82 Å². The molecular formula is C14H13ClFN3O. The molecule has 1 aromatic heterocycles. The Bertz CT molecular complexity index is 572. The van der Waals surface area contributed by atoms with E-state index in [1.54, 1.807) is 24.7 Å². The molecule has 2 rings (SSSR count). The summed E-state index contributed by atoms with van der Waals surface area (Å²) in [6.45, 7) is 0.420. The van der Waals surface area contributed by atoms with E-state index in [0.717, 1.165) is 5.69 Å². The minimum Gasteiger partial charge on any atom is -0.355 e. The molecule has 0 saturated heterocycles. The summed E-state index contributed by atoms with van der Waals surface area (Å²) in [7, 11) is 0. The summed E-state index contributed by atoms with van der Waals surface area (Å²) < 4.78 is 13.5. The quantitative estimate of drug-likeness (QED) is 0.919. The summed E-state index contributed by atoms with van der Waals surface area (Å²) in [4.78, 5) is 19.8. The van der Waals surface area contributed by atoms with E-state index in [0.29, 0.717) is 13.0 Å². The minimum atomic E-state index is -0.471. The van der Waals surface area contributed by atoms with Crippen LogP contribution in [0.4, 0.5) is 4.39 Å². The number of carbonyl (C=O) groups is 1. The smallest absolute Gasteiger partial charge is 0.224 e. The summed E-state index contributed by atoms with van der Waals surface area (Å²) >= 11 is 5.87. The monoisotopic (exact) mass is 293 g/mol. The Morgan fingerprint density at radius 3 is 2.90 bits per heavy atom. The second-order valence-corrected chi connectivity index (χ2v) is 4.58. The first kappa shape index (κ1) is 14.4. The van der Waals surface area contributed by atoms with Gasteiger partial charge in [-0.3, -0.25) is 14.8 Å². The van der Waals surface area contributed by atoms with Gasteiger partial charge in [-0.15, -0.1) is 0 Å². The molecule has 0 fully saturated rings. The van der Waals surface area contributed by atoms with Gasteiger partial charge in [0, 0.05) is 42.1 Å². The molecule has 1 N–H and O–H groups in total. The van der Waals surface area contributed by atoms with Crippen LogP contribution in [0.15, 0.2) is 36.8 Å². The Kier molecular flexibility index (Phi) is 5.01. The molecule has 1 amide bonds. The van der Waals surface area contributed by atoms with Crippen LogP contribution in [0.5, 0.6) is 0 Å². The van der Waals surface area contributed by atoms with Crippen LogP contribution in [-0.2, 0) is 17.6 Å². The molecule has 0 saturated carbocycles. The van der Waals surface area contributed by atoms with Crippen LogP contribution in [0.1, 0.15) is 11.3 Å². The summed E-state index contributed by atoms with van der Waals surface area (Å²) in [5, 5.41) is 2.96. The van der Waals surface area contributed by atoms with E-state index in [-0.39, 0.29) is 22.9 Å². The van der Waals surface area contributed by atoms with Gasteiger partial charge in [0.25, 0.3) is 0 Å². The summed E-state index contributed by atoms with van der Waals surface area (Å²) in [5.74, 6) is -0.748. The van der Waals surface area contributed by atoms with Crippen molar-refractivity contribution in [1.82, 2.24) is 15.3 Å². The van der Waals surface area contributed by atoms with Gasteiger partial charge in [-0.2, -0.15) is 0 Å². The van der Waals surface area contributed by atoms with Crippen molar-refractivity contribution in [2.24, 2.45) is 0 Å². The number of amides is 1. The SMILES string of the molecule is O=C(Cc1c(F)cccc1Cl)NCCc1cnccn1. The van der Waals surface area contributed by atoms with Gasteiger partial charge in [-0.1, -0.05) is 17.7 Å². The van der Waals surface area contributed by atoms with E-state index < -0.39 is 5.82 Å². The molecule has 0 bridgehead atoms. The predicted molar refractivity (Wildman–Crippen MR) is 73.9 cm³/mol. The number of aromatic nitrogens is 2. The van der Waals surface area contributed by atoms with Gasteiger partial charge < -0.3 is 5.32 Å². The number of carbonyl (C=O) groups excluding carboxylic acids is 1. The van der Waals surface area contributed by atoms with Crippen molar-refractivity contribution in [1.29, 1.82) is 0 Å². The molecule has 0 aliphatic heterocycles. The zero-order chi connectivity index (χ0) is 14.4. The first-order valence-corrected chi connectivity index (χ1v) is 6.49. The van der Waals surface area contributed by atoms with Crippen LogP contribution >= 0.6 is 11.6 Å². The highest BCUT2D eigenvalue weighted by Crippen LogP contribution is 2.19. The second kappa shape index (κ2) is 6.96. The molecule has 0 radical (unpaired) electrons. The third-order valence-electron chi connectivity index (χ3n) is 2.72. The lowest BCUT2D eigenvalue weighted by molar-refractivity contribution is -0.120. The Morgan fingerprint density at radius 2 is 2.20 bits per heavy atom. The molecule has 0 unspecified atom stereocenters. The van der Waals surface area contributed by atoms with Crippen molar-refractivity contribution in [3.63, 3.8) is 0 Å². The van der Waals surface area contributed by atoms with Gasteiger partial charge in [0.15, 0.2) is 0 Å². The van der Waals surface area contributed by atoms with Gasteiger partial charge in [0.05, 0.1) is 12.1 Å². The molecular weight excluding hydrogens is 281 g/mol. The first-order chi connectivity index (χ1) is 9.66. The number of nitrogens with zero attached hydrogens (tertiary/aromatic N) is 2. The molecule has 0 spiro atoms. The van der Waals surface area contributed by atoms with Crippen molar-refractivity contribution in [3.8, 4) is 0 Å². The average molecular weight is 294 g/mol. The van der Waals surface area contributed by atoms with E-state index in [1.807, 2.05) is 0 Å². The van der Waals surface area contributed by atoms with Crippen LogP contribution in [0.2, 0.25) is 5.02 Å². The molecule has 1 aromatic carbocycles. The summed E-state index contributed by atoms with van der Waals surface area (Å²) in [5.41, 5.74) is 1.00. The van der Waals surface area contributed by atoms with Crippen molar-refractivity contribution >= 4 is 17.5 Å². The Labute approximate surface area is 121 Å². The van der Waals surface area contributed by atoms with E-state index in [1.165, 1.54) is 12.1 Å². The number of nitrogens with one attached hydrogen (secondary N) is 1. The molecule has 0 aliphatic carbocycles. The van der Waals surface area contributed by atoms with Crippen molar-refractivity contribution in [3.05, 3.63) is 58.9 Å². The zero-order valence-electron chi connectivity index (χ0n) is 10.6. The number of halogens is 2. The van der Waals surface area contributed by atoms with Crippen molar-refractivity contribution in [2.75, 3.05) is 6.54 Å². The molecule has 20 heavy (non-hydrogen) atoms. The fourth-order valence-electron chi connectivity index (χ4n) is 1.71. The fourth-order valence-corrected chi connectivity index (χ4v) is 1.94. The third-order valence-corrected chi connectivity index (χ3v) is 3.07. The highest BCUT2D eigenvalue weighted by Gasteiger charge is 2.11. The molecule has 2 aromatic rings. The van der Waals surface area contributed by atoms with E-state index in [4.69, 9.17) is 11.6 Å². The van der Waals surface area contributed by atoms with Crippen molar-refractivity contribution in [2.45, 2.75) is 12.8 Å². The van der Waals surface area contributed by atoms with Crippen LogP contribution in [0.3, 0.4) is 0 Å². The highest BCUT2D eigenvalue weighted by molar-refractivity contribution is 6.31. The fraction of sp³-hybridized carbons (Fsp3) is 0.214. The lowest BCUT2D eigenvalue weighted by Gasteiger charge is -2.07. The molecule has 0 atom stereocenters. The van der Waals surface area contributed by atoms with E-state index in [2.05, 4.69) is 15.3 Å². The maximum atomic E-state index is 13.5. The maximum absolute atomic E-state index is 13.5. The second-order valence-electron chi connectivity index (χ2n) is 4.17. The molecule has 104 valence electrons. The molecule has 0 aliphatic rings. The number of hydrogen-bond donors (Lipinski definition) is 1. The lowest BCUT2D eigenvalue weighted by atomic mass is 10.1. The average Bonchev–Trinajstić information content (AvgIpc) is 2.44. The topological polar surface area (TPSA) is 54.9 Å². The van der Waals surface area contributed by atoms with E-state index >= 15 is 0 Å². The van der Waals surface area contributed by atoms with Gasteiger partial charge >= 0.3 is 0 Å². The third kappa shape index (κ3) is 3.99. The van der Waals surface area contributed by atoms with Gasteiger partial charge in [-0.25, -0.2) is 4.39 Å². The first-order valence-electron chi connectivity index (χ1n) is 6.11. The zero-order valence-corrected chi connectivity index (χ0v) is 11.4. The number of benzene rings is 1. The largest absolute Gasteiger partial charge is 0.355 e. The molecule has 4 nitrogen and oxygen atoms in total. The number of rotatable bonds is 5. The minimum absolute atomic E-state index is 0.0774. The van der Waals surface area contributed by atoms with Crippen LogP contribution < -0.4 is 5.32 Å². The predicted octanol–water partition coefficient (Wildman–Crippen LogP) is 2.17. The highest BCUT2D eigenvalue weighted by atomic mass is 35.5. The summed E-state index contributed by atoms with van der Waals surface area (Å²) in [6, 6.07) is 4.36.